The molecule has 4 heteroatoms. The predicted octanol–water partition coefficient (Wildman–Crippen LogP) is 3.21. The number of carbonyl (C=O) groups excluding carboxylic acids is 1. The van der Waals surface area contributed by atoms with Crippen LogP contribution in [0.3, 0.4) is 0 Å². The molecular formula is C16H30N2O2. The van der Waals surface area contributed by atoms with Gasteiger partial charge in [-0.15, -0.1) is 0 Å². The van der Waals surface area contributed by atoms with Crippen LogP contribution in [0.2, 0.25) is 0 Å². The lowest BCUT2D eigenvalue weighted by atomic mass is 9.91. The van der Waals surface area contributed by atoms with Crippen LogP contribution in [-0.2, 0) is 4.74 Å². The molecule has 0 unspecified atom stereocenters. The number of hydrogen-bond acceptors (Lipinski definition) is 3. The zero-order valence-corrected chi connectivity index (χ0v) is 13.2. The monoisotopic (exact) mass is 282 g/mol. The lowest BCUT2D eigenvalue weighted by Gasteiger charge is -2.30. The Labute approximate surface area is 123 Å². The highest BCUT2D eigenvalue weighted by molar-refractivity contribution is 5.68. The quantitative estimate of drug-likeness (QED) is 0.814. The molecule has 2 rings (SSSR count). The molecule has 20 heavy (non-hydrogen) atoms. The molecule has 2 saturated carbocycles. The highest BCUT2D eigenvalue weighted by Crippen LogP contribution is 2.32. The van der Waals surface area contributed by atoms with Gasteiger partial charge >= 0.3 is 6.09 Å². The van der Waals surface area contributed by atoms with E-state index in [0.717, 1.165) is 31.6 Å². The maximum atomic E-state index is 11.7. The molecule has 2 aliphatic rings. The van der Waals surface area contributed by atoms with Gasteiger partial charge in [-0.05, 0) is 65.3 Å². The van der Waals surface area contributed by atoms with E-state index in [0.29, 0.717) is 6.04 Å². The second-order valence-corrected chi connectivity index (χ2v) is 7.38. The van der Waals surface area contributed by atoms with Crippen molar-refractivity contribution in [2.24, 2.45) is 5.92 Å². The van der Waals surface area contributed by atoms with Crippen molar-refractivity contribution in [1.29, 1.82) is 0 Å². The van der Waals surface area contributed by atoms with Gasteiger partial charge in [0, 0.05) is 12.1 Å². The van der Waals surface area contributed by atoms with E-state index in [2.05, 4.69) is 10.6 Å². The smallest absolute Gasteiger partial charge is 0.407 e. The van der Waals surface area contributed by atoms with Crippen LogP contribution in [0.1, 0.15) is 65.7 Å². The molecular weight excluding hydrogens is 252 g/mol. The summed E-state index contributed by atoms with van der Waals surface area (Å²) in [5.74, 6) is 1.01. The molecule has 0 aromatic carbocycles. The van der Waals surface area contributed by atoms with Gasteiger partial charge in [0.1, 0.15) is 5.60 Å². The fraction of sp³-hybridized carbons (Fsp3) is 0.938. The lowest BCUT2D eigenvalue weighted by Crippen LogP contribution is -2.44. The first kappa shape index (κ1) is 15.6. The van der Waals surface area contributed by atoms with Crippen molar-refractivity contribution < 1.29 is 9.53 Å². The van der Waals surface area contributed by atoms with Crippen LogP contribution in [0, 0.1) is 5.92 Å². The van der Waals surface area contributed by atoms with Gasteiger partial charge in [-0.3, -0.25) is 0 Å². The van der Waals surface area contributed by atoms with Crippen LogP contribution >= 0.6 is 0 Å². The summed E-state index contributed by atoms with van der Waals surface area (Å²) in [6, 6.07) is 0.928. The Balaban J connectivity index is 1.57. The Kier molecular flexibility index (Phi) is 5.30. The molecule has 0 aliphatic heterocycles. The third kappa shape index (κ3) is 6.12. The second-order valence-electron chi connectivity index (χ2n) is 7.38. The van der Waals surface area contributed by atoms with Gasteiger partial charge < -0.3 is 15.4 Å². The molecule has 0 aromatic heterocycles. The molecule has 1 amide bonds. The van der Waals surface area contributed by atoms with Crippen molar-refractivity contribution in [3.8, 4) is 0 Å². The van der Waals surface area contributed by atoms with Gasteiger partial charge in [0.05, 0.1) is 0 Å². The Bertz CT molecular complexity index is 313. The minimum atomic E-state index is -0.411. The molecule has 116 valence electrons. The molecule has 0 heterocycles. The minimum Gasteiger partial charge on any atom is -0.444 e. The van der Waals surface area contributed by atoms with Crippen LogP contribution in [0.4, 0.5) is 4.79 Å². The van der Waals surface area contributed by atoms with Crippen molar-refractivity contribution in [3.05, 3.63) is 0 Å². The van der Waals surface area contributed by atoms with Crippen molar-refractivity contribution in [2.75, 3.05) is 6.54 Å². The van der Waals surface area contributed by atoms with Crippen LogP contribution < -0.4 is 10.6 Å². The number of amides is 1. The van der Waals surface area contributed by atoms with Gasteiger partial charge in [-0.1, -0.05) is 12.8 Å². The second kappa shape index (κ2) is 6.79. The van der Waals surface area contributed by atoms with E-state index in [9.17, 15) is 4.79 Å². The summed E-state index contributed by atoms with van der Waals surface area (Å²) in [5, 5.41) is 6.65. The number of nitrogens with one attached hydrogen (secondary N) is 2. The Morgan fingerprint density at radius 2 is 1.65 bits per heavy atom. The average Bonchev–Trinajstić information content (AvgIpc) is 3.13. The number of hydrogen-bond donors (Lipinski definition) is 2. The Hall–Kier alpha value is -0.770. The zero-order chi connectivity index (χ0) is 14.6. The highest BCUT2D eigenvalue weighted by atomic mass is 16.6. The van der Waals surface area contributed by atoms with E-state index in [1.165, 1.54) is 25.8 Å². The maximum Gasteiger partial charge on any atom is 0.407 e. The number of rotatable bonds is 5. The van der Waals surface area contributed by atoms with E-state index in [-0.39, 0.29) is 12.1 Å². The summed E-state index contributed by atoms with van der Waals surface area (Å²) in [5.41, 5.74) is -0.411. The summed E-state index contributed by atoms with van der Waals surface area (Å²) < 4.78 is 5.30. The summed E-state index contributed by atoms with van der Waals surface area (Å²) in [6.45, 7) is 6.85. The zero-order valence-electron chi connectivity index (χ0n) is 13.2. The molecule has 0 bridgehead atoms. The first-order chi connectivity index (χ1) is 9.42. The van der Waals surface area contributed by atoms with Gasteiger partial charge in [0.25, 0.3) is 0 Å². The maximum absolute atomic E-state index is 11.7. The minimum absolute atomic E-state index is 0.275. The molecule has 0 atom stereocenters. The van der Waals surface area contributed by atoms with E-state index < -0.39 is 5.60 Å². The van der Waals surface area contributed by atoms with E-state index in [4.69, 9.17) is 4.74 Å². The van der Waals surface area contributed by atoms with Crippen LogP contribution in [0.15, 0.2) is 0 Å². The number of carbonyl (C=O) groups is 1. The van der Waals surface area contributed by atoms with Gasteiger partial charge in [0.2, 0.25) is 0 Å². The van der Waals surface area contributed by atoms with Gasteiger partial charge in [0.15, 0.2) is 0 Å². The fourth-order valence-corrected chi connectivity index (χ4v) is 2.81. The standard InChI is InChI=1S/C16H30N2O2/c1-16(2,3)20-15(19)18-14-8-6-13(7-9-14)17-11-10-12-4-5-12/h12-14,17H,4-11H2,1-3H3,(H,18,19). The Morgan fingerprint density at radius 1 is 1.05 bits per heavy atom. The van der Waals surface area contributed by atoms with Crippen molar-refractivity contribution in [3.63, 3.8) is 0 Å². The summed E-state index contributed by atoms with van der Waals surface area (Å²) >= 11 is 0. The third-order valence-corrected chi connectivity index (χ3v) is 4.13. The highest BCUT2D eigenvalue weighted by Gasteiger charge is 2.25. The van der Waals surface area contributed by atoms with Crippen LogP contribution in [0.25, 0.3) is 0 Å². The average molecular weight is 282 g/mol. The molecule has 2 aliphatic carbocycles. The summed E-state index contributed by atoms with van der Waals surface area (Å²) in [6.07, 6.45) is 8.37. The summed E-state index contributed by atoms with van der Waals surface area (Å²) in [4.78, 5) is 11.7. The van der Waals surface area contributed by atoms with E-state index in [1.54, 1.807) is 0 Å². The van der Waals surface area contributed by atoms with Crippen LogP contribution in [0.5, 0.6) is 0 Å². The van der Waals surface area contributed by atoms with Crippen molar-refractivity contribution in [2.45, 2.75) is 83.4 Å². The predicted molar refractivity (Wildman–Crippen MR) is 80.8 cm³/mol. The normalized spacial score (nSPS) is 27.1. The van der Waals surface area contributed by atoms with E-state index in [1.807, 2.05) is 20.8 Å². The fourth-order valence-electron chi connectivity index (χ4n) is 2.81. The molecule has 0 spiro atoms. The van der Waals surface area contributed by atoms with Crippen LogP contribution in [-0.4, -0.2) is 30.3 Å². The first-order valence-corrected chi connectivity index (χ1v) is 8.15. The largest absolute Gasteiger partial charge is 0.444 e. The molecule has 0 aromatic rings. The summed E-state index contributed by atoms with van der Waals surface area (Å²) in [7, 11) is 0. The van der Waals surface area contributed by atoms with Gasteiger partial charge in [-0.2, -0.15) is 0 Å². The lowest BCUT2D eigenvalue weighted by molar-refractivity contribution is 0.0490. The molecule has 0 saturated heterocycles. The first-order valence-electron chi connectivity index (χ1n) is 8.15. The molecule has 0 radical (unpaired) electrons. The SMILES string of the molecule is CC(C)(C)OC(=O)NC1CCC(NCCC2CC2)CC1. The number of ether oxygens (including phenoxy) is 1. The third-order valence-electron chi connectivity index (χ3n) is 4.13. The molecule has 2 fully saturated rings. The molecule has 2 N–H and O–H groups in total. The Morgan fingerprint density at radius 3 is 2.20 bits per heavy atom. The van der Waals surface area contributed by atoms with Gasteiger partial charge in [-0.25, -0.2) is 4.79 Å². The van der Waals surface area contributed by atoms with E-state index >= 15 is 0 Å². The van der Waals surface area contributed by atoms with Crippen molar-refractivity contribution in [1.82, 2.24) is 10.6 Å². The molecule has 4 nitrogen and oxygen atoms in total. The number of alkyl carbamates (subject to hydrolysis) is 1. The topological polar surface area (TPSA) is 50.4 Å². The van der Waals surface area contributed by atoms with Crippen molar-refractivity contribution >= 4 is 6.09 Å².